The zero-order valence-corrected chi connectivity index (χ0v) is 6.63. The Kier molecular flexibility index (Phi) is 1.15. The predicted molar refractivity (Wildman–Crippen MR) is 39.6 cm³/mol. The highest BCUT2D eigenvalue weighted by atomic mass is 16.5. The fraction of sp³-hybridized carbons (Fsp3) is 1.00. The van der Waals surface area contributed by atoms with Gasteiger partial charge in [-0.25, -0.2) is 0 Å². The van der Waals surface area contributed by atoms with E-state index in [1.165, 1.54) is 6.42 Å². The Morgan fingerprint density at radius 3 is 2.80 bits per heavy atom. The van der Waals surface area contributed by atoms with Crippen molar-refractivity contribution in [2.45, 2.75) is 32.4 Å². The van der Waals surface area contributed by atoms with Crippen LogP contribution in [0.25, 0.3) is 0 Å². The van der Waals surface area contributed by atoms with Gasteiger partial charge in [-0.15, -0.1) is 0 Å². The Hall–Kier alpha value is -0.0800. The number of rotatable bonds is 0. The third-order valence-corrected chi connectivity index (χ3v) is 3.19. The summed E-state index contributed by atoms with van der Waals surface area (Å²) in [6.07, 6.45) is 1.64. The molecule has 2 nitrogen and oxygen atoms in total. The molecule has 1 saturated carbocycles. The summed E-state index contributed by atoms with van der Waals surface area (Å²) in [5.41, 5.74) is 6.20. The maximum atomic E-state index is 5.96. The van der Waals surface area contributed by atoms with Crippen molar-refractivity contribution in [1.29, 1.82) is 0 Å². The molecule has 0 aromatic rings. The lowest BCUT2D eigenvalue weighted by Gasteiger charge is -2.52. The lowest BCUT2D eigenvalue weighted by Crippen LogP contribution is -2.64. The van der Waals surface area contributed by atoms with E-state index in [1.807, 2.05) is 0 Å². The standard InChI is InChI=1S/C8H15NO/c1-8(2)6(9)5-3-4-10-7(5)8/h5-7H,3-4,9H2,1-2H3/t5-,6-,7-/m0/s1. The molecule has 58 valence electrons. The largest absolute Gasteiger partial charge is 0.377 e. The van der Waals surface area contributed by atoms with Crippen molar-refractivity contribution >= 4 is 0 Å². The first kappa shape index (κ1) is 6.62. The number of ether oxygens (including phenoxy) is 1. The Morgan fingerprint density at radius 2 is 2.20 bits per heavy atom. The van der Waals surface area contributed by atoms with Gasteiger partial charge in [0.05, 0.1) is 6.10 Å². The Morgan fingerprint density at radius 1 is 1.50 bits per heavy atom. The zero-order valence-electron chi connectivity index (χ0n) is 6.63. The van der Waals surface area contributed by atoms with E-state index in [9.17, 15) is 0 Å². The number of fused-ring (bicyclic) bond motifs is 1. The van der Waals surface area contributed by atoms with Crippen LogP contribution in [-0.2, 0) is 4.74 Å². The predicted octanol–water partition coefficient (Wildman–Crippen LogP) is 0.759. The Bertz CT molecular complexity index is 155. The molecule has 1 saturated heterocycles. The molecule has 3 atom stereocenters. The van der Waals surface area contributed by atoms with E-state index in [0.29, 0.717) is 18.1 Å². The van der Waals surface area contributed by atoms with Crippen LogP contribution in [0.15, 0.2) is 0 Å². The molecular weight excluding hydrogens is 126 g/mol. The van der Waals surface area contributed by atoms with Crippen molar-refractivity contribution in [3.63, 3.8) is 0 Å². The third kappa shape index (κ3) is 0.565. The van der Waals surface area contributed by atoms with Gasteiger partial charge in [-0.05, 0) is 6.42 Å². The molecule has 0 aromatic carbocycles. The lowest BCUT2D eigenvalue weighted by atomic mass is 9.58. The van der Waals surface area contributed by atoms with Crippen LogP contribution in [0.4, 0.5) is 0 Å². The van der Waals surface area contributed by atoms with Gasteiger partial charge >= 0.3 is 0 Å². The maximum Gasteiger partial charge on any atom is 0.0684 e. The molecule has 1 heterocycles. The van der Waals surface area contributed by atoms with Crippen molar-refractivity contribution < 1.29 is 4.74 Å². The van der Waals surface area contributed by atoms with Gasteiger partial charge in [0.25, 0.3) is 0 Å². The highest BCUT2D eigenvalue weighted by Crippen LogP contribution is 2.50. The van der Waals surface area contributed by atoms with Crippen molar-refractivity contribution in [1.82, 2.24) is 0 Å². The van der Waals surface area contributed by atoms with Crippen LogP contribution >= 0.6 is 0 Å². The summed E-state index contributed by atoms with van der Waals surface area (Å²) in [7, 11) is 0. The minimum Gasteiger partial charge on any atom is -0.377 e. The first-order valence-corrected chi connectivity index (χ1v) is 4.01. The van der Waals surface area contributed by atoms with Crippen LogP contribution in [-0.4, -0.2) is 18.8 Å². The van der Waals surface area contributed by atoms with Gasteiger partial charge in [-0.1, -0.05) is 13.8 Å². The molecule has 0 aromatic heterocycles. The second-order valence-electron chi connectivity index (χ2n) is 4.09. The van der Waals surface area contributed by atoms with E-state index in [4.69, 9.17) is 10.5 Å². The Balaban J connectivity index is 2.15. The maximum absolute atomic E-state index is 5.96. The lowest BCUT2D eigenvalue weighted by molar-refractivity contribution is -0.0994. The number of hydrogen-bond acceptors (Lipinski definition) is 2. The molecule has 1 aliphatic heterocycles. The average Bonchev–Trinajstić information content (AvgIpc) is 2.31. The SMILES string of the molecule is CC1(C)[C@@H](N)[C@@H]2CCO[C@@H]21. The second kappa shape index (κ2) is 1.74. The van der Waals surface area contributed by atoms with Gasteiger partial charge in [0, 0.05) is 24.0 Å². The number of hydrogen-bond donors (Lipinski definition) is 1. The molecule has 0 bridgehead atoms. The Labute approximate surface area is 61.7 Å². The molecule has 2 N–H and O–H groups in total. The van der Waals surface area contributed by atoms with Gasteiger partial charge in [-0.2, -0.15) is 0 Å². The van der Waals surface area contributed by atoms with Crippen molar-refractivity contribution in [2.24, 2.45) is 17.1 Å². The summed E-state index contributed by atoms with van der Waals surface area (Å²) in [4.78, 5) is 0. The fourth-order valence-corrected chi connectivity index (χ4v) is 2.36. The summed E-state index contributed by atoms with van der Waals surface area (Å²) in [6.45, 7) is 5.32. The minimum absolute atomic E-state index is 0.237. The van der Waals surface area contributed by atoms with E-state index < -0.39 is 0 Å². The summed E-state index contributed by atoms with van der Waals surface area (Å²) in [6, 6.07) is 0.375. The van der Waals surface area contributed by atoms with Crippen LogP contribution in [0.3, 0.4) is 0 Å². The molecule has 2 heteroatoms. The van der Waals surface area contributed by atoms with E-state index >= 15 is 0 Å². The molecule has 0 spiro atoms. The van der Waals surface area contributed by atoms with Crippen LogP contribution in [0, 0.1) is 11.3 Å². The van der Waals surface area contributed by atoms with Gasteiger partial charge in [0.2, 0.25) is 0 Å². The van der Waals surface area contributed by atoms with Crippen LogP contribution in [0.2, 0.25) is 0 Å². The van der Waals surface area contributed by atoms with Crippen LogP contribution in [0.5, 0.6) is 0 Å². The molecular formula is C8H15NO. The summed E-state index contributed by atoms with van der Waals surface area (Å²) >= 11 is 0. The number of nitrogens with two attached hydrogens (primary N) is 1. The molecule has 2 fully saturated rings. The highest BCUT2D eigenvalue weighted by molar-refractivity contribution is 5.09. The molecule has 0 amide bonds. The quantitative estimate of drug-likeness (QED) is 0.540. The molecule has 1 aliphatic carbocycles. The zero-order chi connectivity index (χ0) is 7.35. The van der Waals surface area contributed by atoms with Crippen molar-refractivity contribution in [3.05, 3.63) is 0 Å². The van der Waals surface area contributed by atoms with Gasteiger partial charge in [0.1, 0.15) is 0 Å². The summed E-state index contributed by atoms with van der Waals surface area (Å²) in [5, 5.41) is 0. The van der Waals surface area contributed by atoms with E-state index in [0.717, 1.165) is 6.61 Å². The van der Waals surface area contributed by atoms with Crippen molar-refractivity contribution in [3.8, 4) is 0 Å². The first-order valence-electron chi connectivity index (χ1n) is 4.01. The molecule has 0 unspecified atom stereocenters. The molecule has 0 radical (unpaired) electrons. The average molecular weight is 141 g/mol. The molecule has 10 heavy (non-hydrogen) atoms. The normalized spacial score (nSPS) is 50.1. The monoisotopic (exact) mass is 141 g/mol. The summed E-state index contributed by atoms with van der Waals surface area (Å²) < 4.78 is 5.56. The van der Waals surface area contributed by atoms with E-state index in [1.54, 1.807) is 0 Å². The molecule has 2 rings (SSSR count). The smallest absolute Gasteiger partial charge is 0.0684 e. The fourth-order valence-electron chi connectivity index (χ4n) is 2.36. The molecule has 2 aliphatic rings. The highest BCUT2D eigenvalue weighted by Gasteiger charge is 2.57. The first-order chi connectivity index (χ1) is 4.64. The van der Waals surface area contributed by atoms with E-state index in [2.05, 4.69) is 13.8 Å². The minimum atomic E-state index is 0.237. The van der Waals surface area contributed by atoms with Crippen LogP contribution < -0.4 is 5.73 Å². The van der Waals surface area contributed by atoms with Crippen molar-refractivity contribution in [2.75, 3.05) is 6.61 Å². The third-order valence-electron chi connectivity index (χ3n) is 3.19. The van der Waals surface area contributed by atoms with Gasteiger partial charge in [-0.3, -0.25) is 0 Å². The summed E-state index contributed by atoms with van der Waals surface area (Å²) in [5.74, 6) is 0.662. The van der Waals surface area contributed by atoms with Gasteiger partial charge in [0.15, 0.2) is 0 Å². The van der Waals surface area contributed by atoms with Crippen LogP contribution in [0.1, 0.15) is 20.3 Å². The van der Waals surface area contributed by atoms with E-state index in [-0.39, 0.29) is 5.41 Å². The topological polar surface area (TPSA) is 35.2 Å². The second-order valence-corrected chi connectivity index (χ2v) is 4.09. The van der Waals surface area contributed by atoms with Gasteiger partial charge < -0.3 is 10.5 Å².